The first-order chi connectivity index (χ1) is 9.24. The van der Waals surface area contributed by atoms with Gasteiger partial charge in [0.1, 0.15) is 5.75 Å². The molecular formula is C15H14N2O2. The van der Waals surface area contributed by atoms with Crippen LogP contribution in [-0.4, -0.2) is 12.2 Å². The summed E-state index contributed by atoms with van der Waals surface area (Å²) in [5.41, 5.74) is 4.68. The number of ether oxygens (including phenoxy) is 1. The average Bonchev–Trinajstić information content (AvgIpc) is 2.40. The van der Waals surface area contributed by atoms with Gasteiger partial charge in [-0.25, -0.2) is 0 Å². The molecule has 4 nitrogen and oxygen atoms in total. The number of hydrazone groups is 1. The molecule has 0 atom stereocenters. The Morgan fingerprint density at radius 2 is 1.95 bits per heavy atom. The van der Waals surface area contributed by atoms with Crippen LogP contribution in [0.1, 0.15) is 12.5 Å². The molecule has 0 aliphatic heterocycles. The largest absolute Gasteiger partial charge is 0.427 e. The zero-order valence-corrected chi connectivity index (χ0v) is 10.5. The van der Waals surface area contributed by atoms with Gasteiger partial charge < -0.3 is 4.74 Å². The molecule has 0 bridgehead atoms. The number of carbonyl (C=O) groups is 1. The topological polar surface area (TPSA) is 50.7 Å². The Hall–Kier alpha value is -2.62. The van der Waals surface area contributed by atoms with Crippen molar-refractivity contribution in [3.05, 3.63) is 60.2 Å². The highest BCUT2D eigenvalue weighted by molar-refractivity contribution is 5.81. The number of nitrogens with one attached hydrogen (secondary N) is 1. The number of rotatable bonds is 4. The fraction of sp³-hybridized carbons (Fsp3) is 0.0667. The highest BCUT2D eigenvalue weighted by Crippen LogP contribution is 2.12. The van der Waals surface area contributed by atoms with Gasteiger partial charge in [0.2, 0.25) is 0 Å². The summed E-state index contributed by atoms with van der Waals surface area (Å²) in [5, 5.41) is 4.12. The fourth-order valence-corrected chi connectivity index (χ4v) is 1.52. The molecule has 0 aliphatic carbocycles. The molecule has 0 spiro atoms. The van der Waals surface area contributed by atoms with Crippen molar-refractivity contribution in [2.45, 2.75) is 6.92 Å². The Balaban J connectivity index is 2.00. The second kappa shape index (κ2) is 6.35. The molecule has 0 fully saturated rings. The predicted molar refractivity (Wildman–Crippen MR) is 75.4 cm³/mol. The van der Waals surface area contributed by atoms with E-state index in [0.29, 0.717) is 5.75 Å². The molecule has 2 aromatic rings. The van der Waals surface area contributed by atoms with Crippen LogP contribution in [0.5, 0.6) is 5.75 Å². The third-order valence-electron chi connectivity index (χ3n) is 2.30. The van der Waals surface area contributed by atoms with Gasteiger partial charge in [0, 0.05) is 6.92 Å². The van der Waals surface area contributed by atoms with Gasteiger partial charge in [0.25, 0.3) is 0 Å². The van der Waals surface area contributed by atoms with Crippen molar-refractivity contribution in [3.8, 4) is 5.75 Å². The first-order valence-electron chi connectivity index (χ1n) is 5.86. The van der Waals surface area contributed by atoms with E-state index in [1.807, 2.05) is 42.5 Å². The lowest BCUT2D eigenvalue weighted by atomic mass is 10.2. The van der Waals surface area contributed by atoms with Gasteiger partial charge >= 0.3 is 5.97 Å². The van der Waals surface area contributed by atoms with Gasteiger partial charge in [-0.3, -0.25) is 10.2 Å². The van der Waals surface area contributed by atoms with Crippen LogP contribution in [0.3, 0.4) is 0 Å². The number of esters is 1. The first-order valence-corrected chi connectivity index (χ1v) is 5.86. The van der Waals surface area contributed by atoms with Crippen LogP contribution in [0.15, 0.2) is 59.7 Å². The molecule has 96 valence electrons. The summed E-state index contributed by atoms with van der Waals surface area (Å²) in [6, 6.07) is 16.8. The van der Waals surface area contributed by atoms with Crippen molar-refractivity contribution in [1.82, 2.24) is 0 Å². The monoisotopic (exact) mass is 254 g/mol. The molecule has 19 heavy (non-hydrogen) atoms. The maximum absolute atomic E-state index is 10.9. The number of para-hydroxylation sites is 1. The second-order valence-electron chi connectivity index (χ2n) is 3.90. The first kappa shape index (κ1) is 12.8. The van der Waals surface area contributed by atoms with Crippen LogP contribution in [0, 0.1) is 0 Å². The van der Waals surface area contributed by atoms with Crippen LogP contribution in [-0.2, 0) is 4.79 Å². The molecule has 2 rings (SSSR count). The summed E-state index contributed by atoms with van der Waals surface area (Å²) >= 11 is 0. The highest BCUT2D eigenvalue weighted by Gasteiger charge is 1.98. The molecule has 0 heterocycles. The normalized spacial score (nSPS) is 10.4. The molecular weight excluding hydrogens is 240 g/mol. The number of hydrogen-bond donors (Lipinski definition) is 1. The molecule has 0 amide bonds. The van der Waals surface area contributed by atoms with Crippen molar-refractivity contribution >= 4 is 17.9 Å². The highest BCUT2D eigenvalue weighted by atomic mass is 16.5. The molecule has 0 unspecified atom stereocenters. The molecule has 0 saturated heterocycles. The minimum Gasteiger partial charge on any atom is -0.427 e. The van der Waals surface area contributed by atoms with Crippen LogP contribution in [0.4, 0.5) is 5.69 Å². The van der Waals surface area contributed by atoms with Gasteiger partial charge in [-0.15, -0.1) is 0 Å². The van der Waals surface area contributed by atoms with Crippen LogP contribution < -0.4 is 10.2 Å². The van der Waals surface area contributed by atoms with Crippen molar-refractivity contribution in [2.24, 2.45) is 5.10 Å². The molecule has 0 aromatic heterocycles. The SMILES string of the molecule is CC(=O)Oc1cccc(C=NNc2ccccc2)c1. The number of hydrogen-bond acceptors (Lipinski definition) is 4. The Labute approximate surface area is 111 Å². The van der Waals surface area contributed by atoms with E-state index in [-0.39, 0.29) is 5.97 Å². The Bertz CT molecular complexity index is 580. The van der Waals surface area contributed by atoms with Crippen LogP contribution in [0.2, 0.25) is 0 Å². The van der Waals surface area contributed by atoms with Crippen molar-refractivity contribution in [3.63, 3.8) is 0 Å². The summed E-state index contributed by atoms with van der Waals surface area (Å²) in [5.74, 6) is 0.174. The standard InChI is InChI=1S/C15H14N2O2/c1-12(18)19-15-9-5-6-13(10-15)11-16-17-14-7-3-2-4-8-14/h2-11,17H,1H3. The summed E-state index contributed by atoms with van der Waals surface area (Å²) in [7, 11) is 0. The summed E-state index contributed by atoms with van der Waals surface area (Å²) in [6.07, 6.45) is 1.67. The Kier molecular flexibility index (Phi) is 4.29. The number of nitrogens with zero attached hydrogens (tertiary/aromatic N) is 1. The maximum atomic E-state index is 10.9. The van der Waals surface area contributed by atoms with Crippen molar-refractivity contribution in [2.75, 3.05) is 5.43 Å². The number of carbonyl (C=O) groups excluding carboxylic acids is 1. The van der Waals surface area contributed by atoms with Crippen molar-refractivity contribution < 1.29 is 9.53 Å². The summed E-state index contributed by atoms with van der Waals surface area (Å²) in [6.45, 7) is 1.37. The van der Waals surface area contributed by atoms with E-state index in [2.05, 4.69) is 10.5 Å². The molecule has 0 aliphatic rings. The maximum Gasteiger partial charge on any atom is 0.308 e. The smallest absolute Gasteiger partial charge is 0.308 e. The lowest BCUT2D eigenvalue weighted by Crippen LogP contribution is -2.01. The number of benzene rings is 2. The minimum absolute atomic E-state index is 0.337. The lowest BCUT2D eigenvalue weighted by Gasteiger charge is -2.02. The van der Waals surface area contributed by atoms with Gasteiger partial charge in [-0.05, 0) is 29.8 Å². The average molecular weight is 254 g/mol. The third-order valence-corrected chi connectivity index (χ3v) is 2.30. The predicted octanol–water partition coefficient (Wildman–Crippen LogP) is 3.06. The zero-order valence-electron chi connectivity index (χ0n) is 10.5. The van der Waals surface area contributed by atoms with Gasteiger partial charge in [-0.2, -0.15) is 5.10 Å². The lowest BCUT2D eigenvalue weighted by molar-refractivity contribution is -0.131. The zero-order chi connectivity index (χ0) is 13.5. The van der Waals surface area contributed by atoms with E-state index in [4.69, 9.17) is 4.74 Å². The Morgan fingerprint density at radius 3 is 2.68 bits per heavy atom. The quantitative estimate of drug-likeness (QED) is 0.395. The van der Waals surface area contributed by atoms with E-state index in [1.165, 1.54) is 6.92 Å². The van der Waals surface area contributed by atoms with Crippen molar-refractivity contribution in [1.29, 1.82) is 0 Å². The number of anilines is 1. The second-order valence-corrected chi connectivity index (χ2v) is 3.90. The van der Waals surface area contributed by atoms with E-state index >= 15 is 0 Å². The third kappa shape index (κ3) is 4.27. The Morgan fingerprint density at radius 1 is 1.16 bits per heavy atom. The van der Waals surface area contributed by atoms with E-state index in [9.17, 15) is 4.79 Å². The van der Waals surface area contributed by atoms with Gasteiger partial charge in [-0.1, -0.05) is 30.3 Å². The molecule has 4 heteroatoms. The molecule has 1 N–H and O–H groups in total. The van der Waals surface area contributed by atoms with Gasteiger partial charge in [0.15, 0.2) is 0 Å². The van der Waals surface area contributed by atoms with Gasteiger partial charge in [0.05, 0.1) is 11.9 Å². The minimum atomic E-state index is -0.337. The van der Waals surface area contributed by atoms with Crippen LogP contribution >= 0.6 is 0 Å². The van der Waals surface area contributed by atoms with E-state index in [1.54, 1.807) is 18.3 Å². The van der Waals surface area contributed by atoms with E-state index in [0.717, 1.165) is 11.3 Å². The molecule has 2 aromatic carbocycles. The fourth-order valence-electron chi connectivity index (χ4n) is 1.52. The van der Waals surface area contributed by atoms with Crippen LogP contribution in [0.25, 0.3) is 0 Å². The molecule has 0 saturated carbocycles. The molecule has 0 radical (unpaired) electrons. The summed E-state index contributed by atoms with van der Waals surface area (Å²) in [4.78, 5) is 10.9. The summed E-state index contributed by atoms with van der Waals surface area (Å²) < 4.78 is 5.00. The van der Waals surface area contributed by atoms with E-state index < -0.39 is 0 Å².